The number of hydrogen-bond donors (Lipinski definition) is 1. The minimum atomic E-state index is 0.583. The number of aromatic nitrogens is 1. The standard InChI is InChI=1S/C12H21N3O/c1-10(2)9-15(6-7-16-3)12-8-11(13)4-5-14-12/h4-5,8,10H,6-7,9H2,1-3H3,(H2,13,14). The van der Waals surface area contributed by atoms with Crippen LogP contribution >= 0.6 is 0 Å². The van der Waals surface area contributed by atoms with Crippen molar-refractivity contribution in [3.8, 4) is 0 Å². The van der Waals surface area contributed by atoms with Gasteiger partial charge in [0.05, 0.1) is 6.61 Å². The van der Waals surface area contributed by atoms with Gasteiger partial charge >= 0.3 is 0 Å². The predicted octanol–water partition coefficient (Wildman–Crippen LogP) is 1.77. The number of anilines is 2. The average molecular weight is 223 g/mol. The molecule has 0 saturated heterocycles. The molecule has 0 unspecified atom stereocenters. The fourth-order valence-corrected chi connectivity index (χ4v) is 1.55. The molecule has 0 spiro atoms. The second kappa shape index (κ2) is 6.33. The lowest BCUT2D eigenvalue weighted by molar-refractivity contribution is 0.204. The van der Waals surface area contributed by atoms with E-state index in [2.05, 4.69) is 23.7 Å². The molecule has 1 heterocycles. The van der Waals surface area contributed by atoms with Crippen LogP contribution in [-0.2, 0) is 4.74 Å². The molecule has 4 heteroatoms. The highest BCUT2D eigenvalue weighted by Gasteiger charge is 2.09. The fraction of sp³-hybridized carbons (Fsp3) is 0.583. The normalized spacial score (nSPS) is 10.8. The SMILES string of the molecule is COCCN(CC(C)C)c1cc(N)ccn1. The van der Waals surface area contributed by atoms with Crippen LogP contribution in [0.2, 0.25) is 0 Å². The number of nitrogens with two attached hydrogens (primary N) is 1. The van der Waals surface area contributed by atoms with E-state index in [0.29, 0.717) is 12.5 Å². The number of ether oxygens (including phenoxy) is 1. The topological polar surface area (TPSA) is 51.4 Å². The zero-order valence-electron chi connectivity index (χ0n) is 10.3. The Labute approximate surface area is 97.4 Å². The van der Waals surface area contributed by atoms with Crippen LogP contribution < -0.4 is 10.6 Å². The lowest BCUT2D eigenvalue weighted by Crippen LogP contribution is -2.31. The van der Waals surface area contributed by atoms with E-state index in [1.54, 1.807) is 19.4 Å². The van der Waals surface area contributed by atoms with E-state index in [9.17, 15) is 0 Å². The molecule has 1 aromatic rings. The second-order valence-corrected chi connectivity index (χ2v) is 4.28. The molecule has 0 bridgehead atoms. The van der Waals surface area contributed by atoms with E-state index in [0.717, 1.165) is 24.6 Å². The second-order valence-electron chi connectivity index (χ2n) is 4.28. The van der Waals surface area contributed by atoms with Crippen LogP contribution in [0.25, 0.3) is 0 Å². The summed E-state index contributed by atoms with van der Waals surface area (Å²) in [6, 6.07) is 3.70. The van der Waals surface area contributed by atoms with E-state index >= 15 is 0 Å². The Morgan fingerprint density at radius 1 is 1.50 bits per heavy atom. The molecule has 16 heavy (non-hydrogen) atoms. The number of pyridine rings is 1. The van der Waals surface area contributed by atoms with Gasteiger partial charge in [-0.3, -0.25) is 0 Å². The minimum absolute atomic E-state index is 0.583. The average Bonchev–Trinajstić information content (AvgIpc) is 2.23. The molecule has 0 atom stereocenters. The number of nitrogen functional groups attached to an aromatic ring is 1. The Morgan fingerprint density at radius 2 is 2.25 bits per heavy atom. The van der Waals surface area contributed by atoms with Gasteiger partial charge in [0.25, 0.3) is 0 Å². The summed E-state index contributed by atoms with van der Waals surface area (Å²) < 4.78 is 5.10. The van der Waals surface area contributed by atoms with Crippen molar-refractivity contribution in [3.63, 3.8) is 0 Å². The largest absolute Gasteiger partial charge is 0.399 e. The van der Waals surface area contributed by atoms with E-state index < -0.39 is 0 Å². The van der Waals surface area contributed by atoms with Crippen LogP contribution in [0.5, 0.6) is 0 Å². The van der Waals surface area contributed by atoms with Crippen LogP contribution in [0.3, 0.4) is 0 Å². The third kappa shape index (κ3) is 4.06. The maximum Gasteiger partial charge on any atom is 0.130 e. The molecule has 0 aliphatic rings. The Morgan fingerprint density at radius 3 is 2.81 bits per heavy atom. The predicted molar refractivity (Wildman–Crippen MR) is 67.6 cm³/mol. The zero-order chi connectivity index (χ0) is 12.0. The quantitative estimate of drug-likeness (QED) is 0.798. The molecule has 0 aliphatic carbocycles. The van der Waals surface area contributed by atoms with Crippen molar-refractivity contribution >= 4 is 11.5 Å². The Hall–Kier alpha value is -1.29. The van der Waals surface area contributed by atoms with Crippen LogP contribution in [0.4, 0.5) is 11.5 Å². The maximum atomic E-state index is 5.76. The summed E-state index contributed by atoms with van der Waals surface area (Å²) in [6.45, 7) is 6.87. The summed E-state index contributed by atoms with van der Waals surface area (Å²) >= 11 is 0. The van der Waals surface area contributed by atoms with Gasteiger partial charge in [-0.25, -0.2) is 4.98 Å². The summed E-state index contributed by atoms with van der Waals surface area (Å²) in [6.07, 6.45) is 1.74. The first-order chi connectivity index (χ1) is 7.63. The number of rotatable bonds is 6. The van der Waals surface area contributed by atoms with Crippen molar-refractivity contribution in [3.05, 3.63) is 18.3 Å². The summed E-state index contributed by atoms with van der Waals surface area (Å²) in [4.78, 5) is 6.54. The summed E-state index contributed by atoms with van der Waals surface area (Å²) in [5.74, 6) is 1.51. The molecule has 0 aliphatic heterocycles. The van der Waals surface area contributed by atoms with E-state index in [-0.39, 0.29) is 0 Å². The van der Waals surface area contributed by atoms with Gasteiger partial charge in [0.2, 0.25) is 0 Å². The van der Waals surface area contributed by atoms with Crippen molar-refractivity contribution in [1.82, 2.24) is 4.98 Å². The fourth-order valence-electron chi connectivity index (χ4n) is 1.55. The number of nitrogens with zero attached hydrogens (tertiary/aromatic N) is 2. The van der Waals surface area contributed by atoms with Gasteiger partial charge in [-0.2, -0.15) is 0 Å². The van der Waals surface area contributed by atoms with Gasteiger partial charge in [0.15, 0.2) is 0 Å². The Balaban J connectivity index is 2.74. The lowest BCUT2D eigenvalue weighted by Gasteiger charge is -2.25. The molecule has 0 amide bonds. The van der Waals surface area contributed by atoms with Crippen LogP contribution in [0, 0.1) is 5.92 Å². The summed E-state index contributed by atoms with van der Waals surface area (Å²) in [5, 5.41) is 0. The molecule has 1 aromatic heterocycles. The van der Waals surface area contributed by atoms with E-state index in [1.807, 2.05) is 6.07 Å². The Bertz CT molecular complexity index is 315. The third-order valence-electron chi connectivity index (χ3n) is 2.24. The van der Waals surface area contributed by atoms with Gasteiger partial charge < -0.3 is 15.4 Å². The molecule has 4 nitrogen and oxygen atoms in total. The highest BCUT2D eigenvalue weighted by atomic mass is 16.5. The third-order valence-corrected chi connectivity index (χ3v) is 2.24. The molecule has 1 rings (SSSR count). The Kier molecular flexibility index (Phi) is 5.05. The molecule has 0 fully saturated rings. The monoisotopic (exact) mass is 223 g/mol. The molecule has 0 saturated carbocycles. The number of hydrogen-bond acceptors (Lipinski definition) is 4. The zero-order valence-corrected chi connectivity index (χ0v) is 10.3. The van der Waals surface area contributed by atoms with E-state index in [1.165, 1.54) is 0 Å². The highest BCUT2D eigenvalue weighted by Crippen LogP contribution is 2.15. The van der Waals surface area contributed by atoms with Gasteiger partial charge in [-0.1, -0.05) is 13.8 Å². The van der Waals surface area contributed by atoms with Crippen molar-refractivity contribution in [2.45, 2.75) is 13.8 Å². The first kappa shape index (κ1) is 12.8. The molecular weight excluding hydrogens is 202 g/mol. The first-order valence-corrected chi connectivity index (χ1v) is 5.59. The van der Waals surface area contributed by atoms with Gasteiger partial charge in [0.1, 0.15) is 5.82 Å². The maximum absolute atomic E-state index is 5.76. The highest BCUT2D eigenvalue weighted by molar-refractivity contribution is 5.50. The lowest BCUT2D eigenvalue weighted by atomic mass is 10.2. The molecular formula is C12H21N3O. The van der Waals surface area contributed by atoms with Gasteiger partial charge in [-0.15, -0.1) is 0 Å². The van der Waals surface area contributed by atoms with Crippen molar-refractivity contribution in [1.29, 1.82) is 0 Å². The molecule has 0 aromatic carbocycles. The van der Waals surface area contributed by atoms with Crippen LogP contribution in [-0.4, -0.2) is 31.8 Å². The van der Waals surface area contributed by atoms with Crippen LogP contribution in [0.15, 0.2) is 18.3 Å². The van der Waals surface area contributed by atoms with Gasteiger partial charge in [-0.05, 0) is 12.0 Å². The summed E-state index contributed by atoms with van der Waals surface area (Å²) in [7, 11) is 1.71. The van der Waals surface area contributed by atoms with Crippen molar-refractivity contribution in [2.75, 3.05) is 37.4 Å². The first-order valence-electron chi connectivity index (χ1n) is 5.59. The molecule has 90 valence electrons. The van der Waals surface area contributed by atoms with E-state index in [4.69, 9.17) is 10.5 Å². The van der Waals surface area contributed by atoms with Crippen molar-refractivity contribution < 1.29 is 4.74 Å². The smallest absolute Gasteiger partial charge is 0.130 e. The minimum Gasteiger partial charge on any atom is -0.399 e. The molecule has 0 radical (unpaired) electrons. The van der Waals surface area contributed by atoms with Crippen molar-refractivity contribution in [2.24, 2.45) is 5.92 Å². The van der Waals surface area contributed by atoms with Crippen LogP contribution in [0.1, 0.15) is 13.8 Å². The molecule has 2 N–H and O–H groups in total. The number of methoxy groups -OCH3 is 1. The summed E-state index contributed by atoms with van der Waals surface area (Å²) in [5.41, 5.74) is 6.50. The van der Waals surface area contributed by atoms with Gasteiger partial charge in [0, 0.05) is 38.1 Å².